The lowest BCUT2D eigenvalue weighted by atomic mass is 9.60. The van der Waals surface area contributed by atoms with Gasteiger partial charge in [0.25, 0.3) is 0 Å². The Morgan fingerprint density at radius 3 is 2.13 bits per heavy atom. The maximum absolute atomic E-state index is 12.5. The van der Waals surface area contributed by atoms with Crippen LogP contribution in [0.3, 0.4) is 0 Å². The van der Waals surface area contributed by atoms with E-state index in [-0.39, 0.29) is 54.9 Å². The van der Waals surface area contributed by atoms with E-state index in [1.54, 1.807) is 0 Å². The summed E-state index contributed by atoms with van der Waals surface area (Å²) in [6, 6.07) is 4.83. The van der Waals surface area contributed by atoms with E-state index in [4.69, 9.17) is 4.74 Å². The van der Waals surface area contributed by atoms with Crippen LogP contribution in [0.15, 0.2) is 24.3 Å². The predicted molar refractivity (Wildman–Crippen MR) is 106 cm³/mol. The molecule has 2 atom stereocenters. The van der Waals surface area contributed by atoms with Gasteiger partial charge in [0.15, 0.2) is 17.2 Å². The summed E-state index contributed by atoms with van der Waals surface area (Å²) in [5, 5.41) is 70.1. The van der Waals surface area contributed by atoms with Gasteiger partial charge in [-0.05, 0) is 44.2 Å². The van der Waals surface area contributed by atoms with Gasteiger partial charge in [0, 0.05) is 29.2 Å². The molecule has 4 rings (SSSR count). The topological polar surface area (TPSA) is 168 Å². The van der Waals surface area contributed by atoms with Gasteiger partial charge < -0.3 is 40.5 Å². The highest BCUT2D eigenvalue weighted by Crippen LogP contribution is 2.55. The summed E-state index contributed by atoms with van der Waals surface area (Å²) in [5.74, 6) is -4.00. The zero-order valence-corrected chi connectivity index (χ0v) is 16.5. The fraction of sp³-hybridized carbons (Fsp3) is 0.409. The van der Waals surface area contributed by atoms with Gasteiger partial charge in [0.05, 0.1) is 11.5 Å². The average molecular weight is 432 g/mol. The molecule has 2 aliphatic rings. The van der Waals surface area contributed by atoms with Gasteiger partial charge in [0.1, 0.15) is 23.4 Å². The Morgan fingerprint density at radius 2 is 1.55 bits per heavy atom. The molecule has 1 heterocycles. The number of hydrogen-bond donors (Lipinski definition) is 7. The summed E-state index contributed by atoms with van der Waals surface area (Å²) in [6.45, 7) is 0. The van der Waals surface area contributed by atoms with Crippen molar-refractivity contribution in [3.05, 3.63) is 35.4 Å². The van der Waals surface area contributed by atoms with Gasteiger partial charge >= 0.3 is 5.97 Å². The molecular formula is C22H24O9. The molecule has 1 fully saturated rings. The van der Waals surface area contributed by atoms with Gasteiger partial charge in [-0.2, -0.15) is 0 Å². The number of phenols is 5. The molecule has 0 amide bonds. The largest absolute Gasteiger partial charge is 0.508 e. The molecule has 1 aliphatic carbocycles. The van der Waals surface area contributed by atoms with E-state index >= 15 is 0 Å². The van der Waals surface area contributed by atoms with E-state index in [0.29, 0.717) is 5.56 Å². The highest BCUT2D eigenvalue weighted by atomic mass is 16.5. The van der Waals surface area contributed by atoms with Gasteiger partial charge in [0.2, 0.25) is 0 Å². The minimum Gasteiger partial charge on any atom is -0.508 e. The van der Waals surface area contributed by atoms with Crippen molar-refractivity contribution in [2.45, 2.75) is 44.3 Å². The number of aliphatic carboxylic acids is 1. The molecule has 31 heavy (non-hydrogen) atoms. The Morgan fingerprint density at radius 1 is 0.935 bits per heavy atom. The Balaban J connectivity index is 1.87. The second kappa shape index (κ2) is 7.42. The molecule has 2 aromatic rings. The van der Waals surface area contributed by atoms with E-state index in [1.165, 1.54) is 18.2 Å². The summed E-state index contributed by atoms with van der Waals surface area (Å²) >= 11 is 0. The van der Waals surface area contributed by atoms with Crippen molar-refractivity contribution in [2.24, 2.45) is 11.3 Å². The standard InChI is InChI=1S/C22H24O9/c23-11-1-3-22(4-2-11,21(29)30)14-9-13-15(25)7-12(24)8-18(13)31-20(14)10-5-16(26)19(28)17(27)6-10/h5-8,11,14,20,23-28H,1-4,9H2,(H,29,30)/t11?,14?,20-,22?/m0/s1. The summed E-state index contributed by atoms with van der Waals surface area (Å²) in [4.78, 5) is 12.5. The van der Waals surface area contributed by atoms with Crippen molar-refractivity contribution in [3.63, 3.8) is 0 Å². The van der Waals surface area contributed by atoms with Crippen molar-refractivity contribution in [3.8, 4) is 34.5 Å². The first kappa shape index (κ1) is 20.9. The van der Waals surface area contributed by atoms with Crippen molar-refractivity contribution >= 4 is 5.97 Å². The van der Waals surface area contributed by atoms with Gasteiger partial charge in [-0.1, -0.05) is 0 Å². The Kier molecular flexibility index (Phi) is 5.01. The van der Waals surface area contributed by atoms with E-state index in [2.05, 4.69) is 0 Å². The van der Waals surface area contributed by atoms with Crippen LogP contribution in [-0.4, -0.2) is 47.8 Å². The van der Waals surface area contributed by atoms with Crippen molar-refractivity contribution in [1.82, 2.24) is 0 Å². The number of phenolic OH excluding ortho intramolecular Hbond substituents is 5. The number of aliphatic hydroxyl groups excluding tert-OH is 1. The van der Waals surface area contributed by atoms with E-state index in [0.717, 1.165) is 6.07 Å². The van der Waals surface area contributed by atoms with Crippen LogP contribution in [0.2, 0.25) is 0 Å². The lowest BCUT2D eigenvalue weighted by Gasteiger charge is -2.47. The molecule has 2 aromatic carbocycles. The normalized spacial score (nSPS) is 27.8. The summed E-state index contributed by atoms with van der Waals surface area (Å²) in [7, 11) is 0. The fourth-order valence-electron chi connectivity index (χ4n) is 4.91. The fourth-order valence-corrected chi connectivity index (χ4v) is 4.91. The van der Waals surface area contributed by atoms with E-state index in [1.807, 2.05) is 0 Å². The zero-order valence-electron chi connectivity index (χ0n) is 16.5. The smallest absolute Gasteiger partial charge is 0.310 e. The maximum Gasteiger partial charge on any atom is 0.310 e. The first-order valence-electron chi connectivity index (χ1n) is 10.00. The number of hydrogen-bond acceptors (Lipinski definition) is 8. The van der Waals surface area contributed by atoms with Crippen LogP contribution in [0.1, 0.15) is 42.9 Å². The number of rotatable bonds is 3. The molecule has 0 bridgehead atoms. The van der Waals surface area contributed by atoms with Gasteiger partial charge in [-0.3, -0.25) is 4.79 Å². The molecule has 1 saturated carbocycles. The first-order valence-corrected chi connectivity index (χ1v) is 10.00. The minimum absolute atomic E-state index is 0.0942. The highest BCUT2D eigenvalue weighted by Gasteiger charge is 2.53. The lowest BCUT2D eigenvalue weighted by Crippen LogP contribution is -2.48. The molecule has 7 N–H and O–H groups in total. The van der Waals surface area contributed by atoms with E-state index in [9.17, 15) is 40.5 Å². The number of aromatic hydroxyl groups is 5. The molecule has 1 unspecified atom stereocenters. The second-order valence-electron chi connectivity index (χ2n) is 8.39. The summed E-state index contributed by atoms with van der Waals surface area (Å²) < 4.78 is 6.05. The minimum atomic E-state index is -1.30. The van der Waals surface area contributed by atoms with E-state index < -0.39 is 46.8 Å². The number of benzene rings is 2. The Bertz CT molecular complexity index is 1000. The predicted octanol–water partition coefficient (Wildman–Crippen LogP) is 2.51. The third-order valence-corrected chi connectivity index (χ3v) is 6.62. The number of carboxylic acids is 1. The molecule has 0 radical (unpaired) electrons. The van der Waals surface area contributed by atoms with Crippen molar-refractivity contribution < 1.29 is 45.3 Å². The van der Waals surface area contributed by atoms with Crippen molar-refractivity contribution in [2.75, 3.05) is 0 Å². The summed E-state index contributed by atoms with van der Waals surface area (Å²) in [5.41, 5.74) is -0.717. The van der Waals surface area contributed by atoms with Crippen LogP contribution in [-0.2, 0) is 11.2 Å². The van der Waals surface area contributed by atoms with Crippen LogP contribution in [0.4, 0.5) is 0 Å². The number of aliphatic hydroxyl groups is 1. The average Bonchev–Trinajstić information content (AvgIpc) is 2.71. The Hall–Kier alpha value is -3.33. The SMILES string of the molecule is O=C(O)C1(C2Cc3c(O)cc(O)cc3O[C@H]2c2cc(O)c(O)c(O)c2)CCC(O)CC1. The van der Waals surface area contributed by atoms with Crippen LogP contribution in [0, 0.1) is 11.3 Å². The number of ether oxygens (including phenoxy) is 1. The monoisotopic (exact) mass is 432 g/mol. The quantitative estimate of drug-likeness (QED) is 0.360. The highest BCUT2D eigenvalue weighted by molar-refractivity contribution is 5.76. The van der Waals surface area contributed by atoms with Gasteiger partial charge in [-0.15, -0.1) is 0 Å². The number of carboxylic acid groups (broad SMARTS) is 1. The Labute approximate surface area is 177 Å². The lowest BCUT2D eigenvalue weighted by molar-refractivity contribution is -0.162. The number of fused-ring (bicyclic) bond motifs is 1. The van der Waals surface area contributed by atoms with Crippen LogP contribution in [0.25, 0.3) is 0 Å². The molecule has 0 saturated heterocycles. The molecule has 166 valence electrons. The summed E-state index contributed by atoms with van der Waals surface area (Å²) in [6.07, 6.45) is -0.549. The second-order valence-corrected chi connectivity index (χ2v) is 8.39. The molecule has 9 heteroatoms. The van der Waals surface area contributed by atoms with Gasteiger partial charge in [-0.25, -0.2) is 0 Å². The van der Waals surface area contributed by atoms with Crippen LogP contribution in [0.5, 0.6) is 34.5 Å². The van der Waals surface area contributed by atoms with Crippen molar-refractivity contribution in [1.29, 1.82) is 0 Å². The first-order chi connectivity index (χ1) is 14.6. The molecule has 0 spiro atoms. The third kappa shape index (κ3) is 3.44. The van der Waals surface area contributed by atoms with Crippen LogP contribution < -0.4 is 4.74 Å². The molecule has 9 nitrogen and oxygen atoms in total. The van der Waals surface area contributed by atoms with Crippen LogP contribution >= 0.6 is 0 Å². The number of carbonyl (C=O) groups is 1. The molecule has 1 aliphatic heterocycles. The zero-order chi connectivity index (χ0) is 22.5. The maximum atomic E-state index is 12.5. The molecular weight excluding hydrogens is 408 g/mol. The molecule has 0 aromatic heterocycles. The third-order valence-electron chi connectivity index (χ3n) is 6.62.